The van der Waals surface area contributed by atoms with Crippen LogP contribution in [0.2, 0.25) is 0 Å². The van der Waals surface area contributed by atoms with Crippen LogP contribution in [0, 0.1) is 23.6 Å². The predicted molar refractivity (Wildman–Crippen MR) is 123 cm³/mol. The summed E-state index contributed by atoms with van der Waals surface area (Å²) in [6.45, 7) is 0.306. The number of carbonyl (C=O) groups excluding carboxylic acids is 1. The first kappa shape index (κ1) is 23.9. The number of amides is 2. The van der Waals surface area contributed by atoms with E-state index in [0.717, 1.165) is 49.1 Å². The van der Waals surface area contributed by atoms with Gasteiger partial charge < -0.3 is 15.4 Å². The van der Waals surface area contributed by atoms with Crippen LogP contribution in [-0.2, 0) is 6.18 Å². The Morgan fingerprint density at radius 1 is 0.943 bits per heavy atom. The summed E-state index contributed by atoms with van der Waals surface area (Å²) in [5.74, 6) is 2.05. The molecule has 0 saturated heterocycles. The molecule has 4 fully saturated rings. The lowest BCUT2D eigenvalue weighted by Gasteiger charge is -2.56. The molecule has 8 heteroatoms. The number of rotatable bonds is 7. The van der Waals surface area contributed by atoms with Crippen LogP contribution in [0.5, 0.6) is 5.75 Å². The highest BCUT2D eigenvalue weighted by Gasteiger charge is 2.51. The SMILES string of the molecule is O=C(NCCC(Oc1ccc(C(F)(F)F)cc1)c1ccc(F)cc1)NC12CC3CC(CC(C3)C1)C2. The van der Waals surface area contributed by atoms with Crippen LogP contribution in [-0.4, -0.2) is 18.1 Å². The van der Waals surface area contributed by atoms with Gasteiger partial charge in [0, 0.05) is 18.5 Å². The molecule has 0 aromatic heterocycles. The molecule has 0 radical (unpaired) electrons. The maximum Gasteiger partial charge on any atom is 0.416 e. The Hall–Kier alpha value is -2.77. The Morgan fingerprint density at radius 2 is 1.51 bits per heavy atom. The van der Waals surface area contributed by atoms with Crippen LogP contribution in [0.1, 0.15) is 62.2 Å². The van der Waals surface area contributed by atoms with Crippen LogP contribution in [0.3, 0.4) is 0 Å². The van der Waals surface area contributed by atoms with Crippen molar-refractivity contribution < 1.29 is 27.1 Å². The average molecular weight is 491 g/mol. The van der Waals surface area contributed by atoms with Gasteiger partial charge in [0.05, 0.1) is 5.56 Å². The summed E-state index contributed by atoms with van der Waals surface area (Å²) in [5.41, 5.74) is -0.174. The molecule has 0 aliphatic heterocycles. The number of hydrogen-bond donors (Lipinski definition) is 2. The lowest BCUT2D eigenvalue weighted by atomic mass is 9.53. The molecule has 2 aromatic carbocycles. The third-order valence-corrected chi connectivity index (χ3v) is 7.81. The Balaban J connectivity index is 1.20. The lowest BCUT2D eigenvalue weighted by molar-refractivity contribution is -0.137. The van der Waals surface area contributed by atoms with Crippen molar-refractivity contribution in [2.75, 3.05) is 6.54 Å². The topological polar surface area (TPSA) is 50.4 Å². The molecule has 1 unspecified atom stereocenters. The van der Waals surface area contributed by atoms with Crippen molar-refractivity contribution in [3.8, 4) is 5.75 Å². The van der Waals surface area contributed by atoms with Crippen molar-refractivity contribution in [1.82, 2.24) is 10.6 Å². The van der Waals surface area contributed by atoms with Crippen LogP contribution in [0.4, 0.5) is 22.4 Å². The van der Waals surface area contributed by atoms with Gasteiger partial charge in [0.2, 0.25) is 0 Å². The smallest absolute Gasteiger partial charge is 0.416 e. The largest absolute Gasteiger partial charge is 0.486 e. The summed E-state index contributed by atoms with van der Waals surface area (Å²) in [4.78, 5) is 12.8. The molecule has 4 aliphatic rings. The van der Waals surface area contributed by atoms with Crippen molar-refractivity contribution in [2.24, 2.45) is 17.8 Å². The van der Waals surface area contributed by atoms with Gasteiger partial charge in [-0.15, -0.1) is 0 Å². The second-order valence-corrected chi connectivity index (χ2v) is 10.5. The molecule has 35 heavy (non-hydrogen) atoms. The highest BCUT2D eigenvalue weighted by atomic mass is 19.4. The van der Waals surface area contributed by atoms with E-state index in [0.29, 0.717) is 18.5 Å². The highest BCUT2D eigenvalue weighted by Crippen LogP contribution is 2.55. The second-order valence-electron chi connectivity index (χ2n) is 10.5. The van der Waals surface area contributed by atoms with Crippen molar-refractivity contribution in [1.29, 1.82) is 0 Å². The van der Waals surface area contributed by atoms with E-state index in [2.05, 4.69) is 10.6 Å². The summed E-state index contributed by atoms with van der Waals surface area (Å²) >= 11 is 0. The molecular weight excluding hydrogens is 460 g/mol. The summed E-state index contributed by atoms with van der Waals surface area (Å²) < 4.78 is 58.0. The molecule has 4 bridgehead atoms. The van der Waals surface area contributed by atoms with E-state index >= 15 is 0 Å². The van der Waals surface area contributed by atoms with Crippen molar-refractivity contribution in [3.63, 3.8) is 0 Å². The molecule has 4 nitrogen and oxygen atoms in total. The first-order valence-electron chi connectivity index (χ1n) is 12.3. The average Bonchev–Trinajstić information content (AvgIpc) is 2.77. The van der Waals surface area contributed by atoms with Crippen LogP contribution >= 0.6 is 0 Å². The number of nitrogens with one attached hydrogen (secondary N) is 2. The molecule has 4 aliphatic carbocycles. The second kappa shape index (κ2) is 9.36. The molecular formula is C27H30F4N2O2. The Morgan fingerprint density at radius 3 is 2.06 bits per heavy atom. The number of benzene rings is 2. The maximum absolute atomic E-state index is 13.4. The molecule has 188 valence electrons. The van der Waals surface area contributed by atoms with Gasteiger partial charge in [0.15, 0.2) is 0 Å². The Kier molecular flexibility index (Phi) is 6.40. The molecule has 2 N–H and O–H groups in total. The van der Waals surface area contributed by atoms with Crippen LogP contribution in [0.25, 0.3) is 0 Å². The van der Waals surface area contributed by atoms with E-state index in [1.54, 1.807) is 12.1 Å². The molecule has 2 aromatic rings. The summed E-state index contributed by atoms with van der Waals surface area (Å²) in [6.07, 6.45) is 2.44. The van der Waals surface area contributed by atoms with Gasteiger partial charge in [-0.2, -0.15) is 13.2 Å². The standard InChI is InChI=1S/C27H30F4N2O2/c28-22-5-1-20(2-6-22)24(35-23-7-3-21(4-8-23)27(29,30)31)9-10-32-25(34)33-26-14-17-11-18(15-26)13-19(12-17)16-26/h1-8,17-19,24H,9-16H2,(H2,32,33,34). The number of alkyl halides is 3. The monoisotopic (exact) mass is 490 g/mol. The Bertz CT molecular complexity index is 1000. The lowest BCUT2D eigenvalue weighted by Crippen LogP contribution is -2.61. The van der Waals surface area contributed by atoms with E-state index in [9.17, 15) is 22.4 Å². The highest BCUT2D eigenvalue weighted by molar-refractivity contribution is 5.74. The number of ether oxygens (including phenoxy) is 1. The molecule has 1 atom stereocenters. The fraction of sp³-hybridized carbons (Fsp3) is 0.519. The first-order valence-corrected chi connectivity index (χ1v) is 12.3. The van der Waals surface area contributed by atoms with Crippen molar-refractivity contribution in [3.05, 3.63) is 65.5 Å². The molecule has 6 rings (SSSR count). The number of carbonyl (C=O) groups is 1. The summed E-state index contributed by atoms with van der Waals surface area (Å²) in [7, 11) is 0. The van der Waals surface area contributed by atoms with Gasteiger partial charge in [-0.3, -0.25) is 0 Å². The van der Waals surface area contributed by atoms with Gasteiger partial charge in [-0.1, -0.05) is 12.1 Å². The van der Waals surface area contributed by atoms with Gasteiger partial charge >= 0.3 is 12.2 Å². The molecule has 0 heterocycles. The fourth-order valence-corrected chi connectivity index (χ4v) is 6.72. The third-order valence-electron chi connectivity index (χ3n) is 7.81. The van der Waals surface area contributed by atoms with E-state index in [1.165, 1.54) is 43.5 Å². The van der Waals surface area contributed by atoms with Gasteiger partial charge in [0.25, 0.3) is 0 Å². The maximum atomic E-state index is 13.4. The predicted octanol–water partition coefficient (Wildman–Crippen LogP) is 6.62. The molecule has 4 saturated carbocycles. The minimum absolute atomic E-state index is 0.0913. The van der Waals surface area contributed by atoms with Crippen molar-refractivity contribution in [2.45, 2.75) is 62.8 Å². The number of halogens is 4. The number of hydrogen-bond acceptors (Lipinski definition) is 2. The minimum Gasteiger partial charge on any atom is -0.486 e. The summed E-state index contributed by atoms with van der Waals surface area (Å²) in [6, 6.07) is 10.1. The number of urea groups is 1. The van der Waals surface area contributed by atoms with E-state index in [4.69, 9.17) is 4.74 Å². The van der Waals surface area contributed by atoms with Gasteiger partial charge in [-0.05, 0) is 98.2 Å². The zero-order valence-corrected chi connectivity index (χ0v) is 19.4. The van der Waals surface area contributed by atoms with Gasteiger partial charge in [0.1, 0.15) is 17.7 Å². The molecule has 2 amide bonds. The summed E-state index contributed by atoms with van der Waals surface area (Å²) in [5, 5.41) is 6.20. The Labute approximate surface area is 202 Å². The van der Waals surface area contributed by atoms with Gasteiger partial charge in [-0.25, -0.2) is 9.18 Å². The van der Waals surface area contributed by atoms with Crippen molar-refractivity contribution >= 4 is 6.03 Å². The van der Waals surface area contributed by atoms with E-state index in [1.807, 2.05) is 0 Å². The normalized spacial score (nSPS) is 27.9. The van der Waals surface area contributed by atoms with Crippen LogP contribution < -0.4 is 15.4 Å². The minimum atomic E-state index is -4.43. The fourth-order valence-electron chi connectivity index (χ4n) is 6.72. The van der Waals surface area contributed by atoms with E-state index < -0.39 is 23.7 Å². The zero-order chi connectivity index (χ0) is 24.6. The van der Waals surface area contributed by atoms with E-state index in [-0.39, 0.29) is 17.3 Å². The third kappa shape index (κ3) is 5.57. The zero-order valence-electron chi connectivity index (χ0n) is 19.4. The first-order chi connectivity index (χ1) is 16.7. The molecule has 0 spiro atoms. The van der Waals surface area contributed by atoms with Crippen LogP contribution in [0.15, 0.2) is 48.5 Å². The quantitative estimate of drug-likeness (QED) is 0.429.